The third-order valence-electron chi connectivity index (χ3n) is 3.53. The summed E-state index contributed by atoms with van der Waals surface area (Å²) in [6.45, 7) is 1.86. The van der Waals surface area contributed by atoms with Gasteiger partial charge in [-0.2, -0.15) is 0 Å². The molecule has 2 N–H and O–H groups in total. The zero-order valence-corrected chi connectivity index (χ0v) is 11.2. The van der Waals surface area contributed by atoms with Gasteiger partial charge in [0.05, 0.1) is 11.8 Å². The van der Waals surface area contributed by atoms with Gasteiger partial charge < -0.3 is 15.1 Å². The van der Waals surface area contributed by atoms with E-state index in [4.69, 9.17) is 10.2 Å². The molecule has 2 atom stereocenters. The molecule has 0 aromatic heterocycles. The summed E-state index contributed by atoms with van der Waals surface area (Å²) in [7, 11) is 0. The molecule has 0 spiro atoms. The molecule has 6 nitrogen and oxygen atoms in total. The van der Waals surface area contributed by atoms with E-state index in [1.165, 1.54) is 4.90 Å². The first-order valence-corrected chi connectivity index (χ1v) is 6.70. The molecule has 6 heteroatoms. The number of nitrogens with zero attached hydrogens (tertiary/aromatic N) is 1. The lowest BCUT2D eigenvalue weighted by Crippen LogP contribution is -2.44. The number of carboxylic acid groups (broad SMARTS) is 2. The first-order chi connectivity index (χ1) is 8.97. The van der Waals surface area contributed by atoms with Crippen LogP contribution in [0.1, 0.15) is 39.0 Å². The Bertz CT molecular complexity index is 355. The Morgan fingerprint density at radius 3 is 2.16 bits per heavy atom. The van der Waals surface area contributed by atoms with Crippen LogP contribution in [0.25, 0.3) is 0 Å². The van der Waals surface area contributed by atoms with Gasteiger partial charge in [-0.15, -0.1) is 0 Å². The smallest absolute Gasteiger partial charge is 0.323 e. The summed E-state index contributed by atoms with van der Waals surface area (Å²) in [4.78, 5) is 35.6. The molecule has 1 rings (SSSR count). The minimum atomic E-state index is -1.07. The predicted molar refractivity (Wildman–Crippen MR) is 67.6 cm³/mol. The number of carbonyl (C=O) groups is 3. The molecule has 1 saturated carbocycles. The number of aliphatic carboxylic acids is 2. The van der Waals surface area contributed by atoms with Crippen LogP contribution in [0.3, 0.4) is 0 Å². The normalized spacial score (nSPS) is 22.8. The standard InChI is InChI=1S/C13H21NO5/c1-2-7-14(8-11(15)16)12(17)9-5-3-4-6-10(9)13(18)19/h9-10H,2-8H2,1H3,(H,15,16)(H,18,19)/t9-,10+/m0/s1. The van der Waals surface area contributed by atoms with E-state index in [2.05, 4.69) is 0 Å². The predicted octanol–water partition coefficient (Wildman–Crippen LogP) is 1.20. The van der Waals surface area contributed by atoms with Crippen molar-refractivity contribution in [3.8, 4) is 0 Å². The Kier molecular flexibility index (Phi) is 5.79. The van der Waals surface area contributed by atoms with Crippen LogP contribution in [0.4, 0.5) is 0 Å². The number of carbonyl (C=O) groups excluding carboxylic acids is 1. The largest absolute Gasteiger partial charge is 0.481 e. The highest BCUT2D eigenvalue weighted by atomic mass is 16.4. The van der Waals surface area contributed by atoms with Crippen LogP contribution in [0, 0.1) is 11.8 Å². The van der Waals surface area contributed by atoms with Crippen molar-refractivity contribution in [2.75, 3.05) is 13.1 Å². The van der Waals surface area contributed by atoms with E-state index in [9.17, 15) is 14.4 Å². The third kappa shape index (κ3) is 4.22. The molecular weight excluding hydrogens is 250 g/mol. The van der Waals surface area contributed by atoms with E-state index < -0.39 is 23.8 Å². The van der Waals surface area contributed by atoms with Gasteiger partial charge >= 0.3 is 11.9 Å². The lowest BCUT2D eigenvalue weighted by atomic mass is 9.78. The van der Waals surface area contributed by atoms with Crippen molar-refractivity contribution in [2.45, 2.75) is 39.0 Å². The molecule has 1 aliphatic rings. The van der Waals surface area contributed by atoms with Crippen molar-refractivity contribution in [3.05, 3.63) is 0 Å². The van der Waals surface area contributed by atoms with E-state index >= 15 is 0 Å². The maximum Gasteiger partial charge on any atom is 0.323 e. The third-order valence-corrected chi connectivity index (χ3v) is 3.53. The molecule has 1 aliphatic carbocycles. The number of rotatable bonds is 6. The Labute approximate surface area is 112 Å². The van der Waals surface area contributed by atoms with Crippen LogP contribution in [0.15, 0.2) is 0 Å². The maximum absolute atomic E-state index is 12.3. The highest BCUT2D eigenvalue weighted by molar-refractivity contribution is 5.87. The second kappa shape index (κ2) is 7.11. The van der Waals surface area contributed by atoms with Gasteiger partial charge in [0.15, 0.2) is 0 Å². The molecule has 0 saturated heterocycles. The SMILES string of the molecule is CCCN(CC(=O)O)C(=O)[C@H]1CCCC[C@H]1C(=O)O. The molecule has 1 amide bonds. The average Bonchev–Trinajstić information content (AvgIpc) is 2.37. The van der Waals surface area contributed by atoms with Crippen LogP contribution in [-0.4, -0.2) is 46.0 Å². The van der Waals surface area contributed by atoms with E-state index in [0.717, 1.165) is 12.8 Å². The fraction of sp³-hybridized carbons (Fsp3) is 0.769. The van der Waals surface area contributed by atoms with Crippen LogP contribution in [0.2, 0.25) is 0 Å². The molecule has 1 fully saturated rings. The zero-order valence-electron chi connectivity index (χ0n) is 11.2. The molecule has 19 heavy (non-hydrogen) atoms. The van der Waals surface area contributed by atoms with E-state index in [-0.39, 0.29) is 12.5 Å². The fourth-order valence-electron chi connectivity index (χ4n) is 2.66. The zero-order chi connectivity index (χ0) is 14.4. The van der Waals surface area contributed by atoms with Gasteiger partial charge in [0, 0.05) is 6.54 Å². The van der Waals surface area contributed by atoms with Gasteiger partial charge in [0.25, 0.3) is 0 Å². The monoisotopic (exact) mass is 271 g/mol. The molecule has 0 aliphatic heterocycles. The quantitative estimate of drug-likeness (QED) is 0.757. The minimum absolute atomic E-state index is 0.323. The van der Waals surface area contributed by atoms with Crippen molar-refractivity contribution < 1.29 is 24.6 Å². The number of hydrogen-bond donors (Lipinski definition) is 2. The van der Waals surface area contributed by atoms with Crippen LogP contribution < -0.4 is 0 Å². The van der Waals surface area contributed by atoms with Gasteiger partial charge in [-0.05, 0) is 19.3 Å². The molecule has 108 valence electrons. The summed E-state index contributed by atoms with van der Waals surface area (Å²) in [6, 6.07) is 0. The Balaban J connectivity index is 2.80. The van der Waals surface area contributed by atoms with E-state index in [0.29, 0.717) is 25.8 Å². The van der Waals surface area contributed by atoms with Crippen molar-refractivity contribution in [3.63, 3.8) is 0 Å². The molecule has 0 radical (unpaired) electrons. The number of hydrogen-bond acceptors (Lipinski definition) is 3. The van der Waals surface area contributed by atoms with Gasteiger partial charge in [-0.1, -0.05) is 19.8 Å². The Hall–Kier alpha value is -1.59. The van der Waals surface area contributed by atoms with Crippen molar-refractivity contribution in [1.82, 2.24) is 4.90 Å². The first-order valence-electron chi connectivity index (χ1n) is 6.70. The molecule has 0 aromatic rings. The lowest BCUT2D eigenvalue weighted by Gasteiger charge is -2.32. The summed E-state index contributed by atoms with van der Waals surface area (Å²) < 4.78 is 0. The number of carboxylic acids is 2. The summed E-state index contributed by atoms with van der Waals surface area (Å²) in [5, 5.41) is 18.0. The van der Waals surface area contributed by atoms with Gasteiger partial charge in [0.1, 0.15) is 6.54 Å². The summed E-state index contributed by atoms with van der Waals surface area (Å²) in [5.74, 6) is -3.59. The van der Waals surface area contributed by atoms with Crippen molar-refractivity contribution >= 4 is 17.8 Å². The summed E-state index contributed by atoms with van der Waals surface area (Å²) in [6.07, 6.45) is 3.33. The van der Waals surface area contributed by atoms with Crippen molar-refractivity contribution in [1.29, 1.82) is 0 Å². The Morgan fingerprint density at radius 2 is 1.68 bits per heavy atom. The van der Waals surface area contributed by atoms with Gasteiger partial charge in [-0.25, -0.2) is 0 Å². The number of amides is 1. The highest BCUT2D eigenvalue weighted by Crippen LogP contribution is 2.31. The Morgan fingerprint density at radius 1 is 1.11 bits per heavy atom. The van der Waals surface area contributed by atoms with Crippen molar-refractivity contribution in [2.24, 2.45) is 11.8 Å². The maximum atomic E-state index is 12.3. The van der Waals surface area contributed by atoms with Crippen LogP contribution in [0.5, 0.6) is 0 Å². The lowest BCUT2D eigenvalue weighted by molar-refractivity contribution is -0.154. The minimum Gasteiger partial charge on any atom is -0.481 e. The van der Waals surface area contributed by atoms with Crippen LogP contribution >= 0.6 is 0 Å². The average molecular weight is 271 g/mol. The van der Waals surface area contributed by atoms with Gasteiger partial charge in [0.2, 0.25) is 5.91 Å². The topological polar surface area (TPSA) is 94.9 Å². The molecule has 0 bridgehead atoms. The molecule has 0 heterocycles. The second-order valence-corrected chi connectivity index (χ2v) is 4.99. The first kappa shape index (κ1) is 15.5. The van der Waals surface area contributed by atoms with Crippen LogP contribution in [-0.2, 0) is 14.4 Å². The molecule has 0 aromatic carbocycles. The summed E-state index contributed by atoms with van der Waals surface area (Å²) in [5.41, 5.74) is 0. The van der Waals surface area contributed by atoms with E-state index in [1.54, 1.807) is 0 Å². The van der Waals surface area contributed by atoms with E-state index in [1.807, 2.05) is 6.92 Å². The second-order valence-electron chi connectivity index (χ2n) is 4.99. The highest BCUT2D eigenvalue weighted by Gasteiger charge is 2.37. The van der Waals surface area contributed by atoms with Gasteiger partial charge in [-0.3, -0.25) is 14.4 Å². The molecular formula is C13H21NO5. The fourth-order valence-corrected chi connectivity index (χ4v) is 2.66. The molecule has 0 unspecified atom stereocenters. The summed E-state index contributed by atoms with van der Waals surface area (Å²) >= 11 is 0.